The fourth-order valence-corrected chi connectivity index (χ4v) is 18.9. The van der Waals surface area contributed by atoms with Crippen molar-refractivity contribution >= 4 is 79.7 Å². The van der Waals surface area contributed by atoms with Crippen LogP contribution < -0.4 is 64.5 Å². The Labute approximate surface area is 504 Å². The SMILES string of the molecule is C#C/C=C\C=C/CN(c1ccc2c(c1)[PH]1(c3cc(N(c4ccccc4OC)c4ccccc4OC)ccc3-2)c2cc(N(c3ccccc3OC)c3ccccc3OC)ccc2-c2ccc(N(C3C=CC=C3)C3C=CC=C3)cc21)c1ccccc1OC. The molecule has 0 radical (unpaired) electrons. The molecule has 2 aliphatic heterocycles. The molecule has 0 fully saturated rings. The monoisotopic (exact) mass is 1140 g/mol. The first-order chi connectivity index (χ1) is 42.4. The number of fused-ring (bicyclic) bond motifs is 10. The first kappa shape index (κ1) is 54.8. The van der Waals surface area contributed by atoms with Gasteiger partial charge in [0, 0.05) is 0 Å². The Morgan fingerprint density at radius 1 is 0.395 bits per heavy atom. The molecule has 0 aromatic heterocycles. The summed E-state index contributed by atoms with van der Waals surface area (Å²) in [5.41, 5.74) is 13.2. The Morgan fingerprint density at radius 2 is 0.721 bits per heavy atom. The summed E-state index contributed by atoms with van der Waals surface area (Å²) in [6.07, 6.45) is 31.2. The first-order valence-corrected chi connectivity index (χ1v) is 30.8. The summed E-state index contributed by atoms with van der Waals surface area (Å²) in [7, 11) is 5.07. The second kappa shape index (κ2) is 23.7. The third-order valence-corrected chi connectivity index (χ3v) is 21.7. The van der Waals surface area contributed by atoms with Gasteiger partial charge in [0.1, 0.15) is 0 Å². The van der Waals surface area contributed by atoms with Crippen LogP contribution in [0.4, 0.5) is 51.2 Å². The number of anilines is 9. The number of hydrogen-bond acceptors (Lipinski definition) is 9. The Kier molecular flexibility index (Phi) is 15.1. The summed E-state index contributed by atoms with van der Waals surface area (Å²) < 4.78 is 31.0. The van der Waals surface area contributed by atoms with E-state index in [1.807, 2.05) is 72.8 Å². The van der Waals surface area contributed by atoms with Crippen LogP contribution in [0.25, 0.3) is 22.3 Å². The number of terminal acetylenes is 1. The summed E-state index contributed by atoms with van der Waals surface area (Å²) in [5.74, 6) is 6.29. The van der Waals surface area contributed by atoms with Gasteiger partial charge in [-0.05, 0) is 0 Å². The van der Waals surface area contributed by atoms with Gasteiger partial charge in [-0.2, -0.15) is 0 Å². The van der Waals surface area contributed by atoms with Gasteiger partial charge in [-0.25, -0.2) is 0 Å². The summed E-state index contributed by atoms with van der Waals surface area (Å²) in [5, 5.41) is 5.07. The van der Waals surface area contributed by atoms with E-state index in [4.69, 9.17) is 30.1 Å². The molecule has 1 spiro atoms. The molecule has 10 heteroatoms. The molecule has 2 aliphatic carbocycles. The van der Waals surface area contributed by atoms with E-state index in [0.717, 1.165) is 79.9 Å². The summed E-state index contributed by atoms with van der Waals surface area (Å²) >= 11 is 0. The van der Waals surface area contributed by atoms with Crippen LogP contribution in [-0.4, -0.2) is 54.2 Å². The minimum absolute atomic E-state index is 0.0308. The quantitative estimate of drug-likeness (QED) is 0.0448. The molecule has 0 unspecified atom stereocenters. The number of para-hydroxylation sites is 10. The average Bonchev–Trinajstić information content (AvgIpc) is 1.51. The van der Waals surface area contributed by atoms with Gasteiger partial charge in [0.15, 0.2) is 0 Å². The second-order valence-corrected chi connectivity index (χ2v) is 24.8. The molecular formula is C76H65N4O5P. The molecule has 0 saturated heterocycles. The number of rotatable bonds is 19. The van der Waals surface area contributed by atoms with Crippen molar-refractivity contribution in [3.8, 4) is 63.3 Å². The maximum atomic E-state index is 6.22. The summed E-state index contributed by atoms with van der Waals surface area (Å²) in [6, 6.07) is 69.6. The number of methoxy groups -OCH3 is 5. The Hall–Kier alpha value is -10.4. The van der Waals surface area contributed by atoms with Crippen molar-refractivity contribution in [3.05, 3.63) is 267 Å². The first-order valence-electron chi connectivity index (χ1n) is 28.8. The molecular weight excluding hydrogens is 1080 g/mol. The van der Waals surface area contributed by atoms with E-state index in [1.54, 1.807) is 41.6 Å². The van der Waals surface area contributed by atoms with Crippen molar-refractivity contribution in [2.24, 2.45) is 0 Å². The van der Waals surface area contributed by atoms with Gasteiger partial charge in [-0.1, -0.05) is 0 Å². The van der Waals surface area contributed by atoms with Gasteiger partial charge in [-0.15, -0.1) is 0 Å². The van der Waals surface area contributed by atoms with Crippen LogP contribution in [-0.2, 0) is 0 Å². The number of nitrogens with zero attached hydrogens (tertiary/aromatic N) is 4. The average molecular weight is 1150 g/mol. The summed E-state index contributed by atoms with van der Waals surface area (Å²) in [6.45, 7) is 0.528. The van der Waals surface area contributed by atoms with E-state index < -0.39 is 7.26 Å². The Balaban J connectivity index is 1.16. The molecule has 9 nitrogen and oxygen atoms in total. The van der Waals surface area contributed by atoms with Crippen molar-refractivity contribution in [1.29, 1.82) is 0 Å². The normalized spacial score (nSPS) is 14.2. The van der Waals surface area contributed by atoms with Crippen molar-refractivity contribution < 1.29 is 23.7 Å². The molecule has 2 heterocycles. The molecule has 0 bridgehead atoms. The van der Waals surface area contributed by atoms with Gasteiger partial charge >= 0.3 is 508 Å². The molecule has 9 aromatic carbocycles. The van der Waals surface area contributed by atoms with Crippen LogP contribution in [0.1, 0.15) is 0 Å². The predicted molar refractivity (Wildman–Crippen MR) is 360 cm³/mol. The fraction of sp³-hybridized carbons (Fsp3) is 0.105. The number of benzene rings is 9. The molecule has 0 N–H and O–H groups in total. The minimum atomic E-state index is -3.59. The molecule has 0 amide bonds. The van der Waals surface area contributed by atoms with Gasteiger partial charge in [-0.3, -0.25) is 0 Å². The number of hydrogen-bond donors (Lipinski definition) is 0. The van der Waals surface area contributed by atoms with Crippen LogP contribution >= 0.6 is 7.26 Å². The number of ether oxygens (including phenoxy) is 5. The fourth-order valence-electron chi connectivity index (χ4n) is 13.2. The van der Waals surface area contributed by atoms with E-state index in [0.29, 0.717) is 6.54 Å². The zero-order chi connectivity index (χ0) is 58.7. The van der Waals surface area contributed by atoms with Crippen LogP contribution in [0.15, 0.2) is 267 Å². The summed E-state index contributed by atoms with van der Waals surface area (Å²) in [4.78, 5) is 9.45. The zero-order valence-corrected chi connectivity index (χ0v) is 49.7. The van der Waals surface area contributed by atoms with Crippen molar-refractivity contribution in [2.45, 2.75) is 12.1 Å². The van der Waals surface area contributed by atoms with Crippen LogP contribution in [0, 0.1) is 12.3 Å². The maximum absolute atomic E-state index is 6.22. The predicted octanol–water partition coefficient (Wildman–Crippen LogP) is 15.7. The van der Waals surface area contributed by atoms with Crippen molar-refractivity contribution in [3.63, 3.8) is 0 Å². The van der Waals surface area contributed by atoms with E-state index in [1.165, 1.54) is 43.5 Å². The topological polar surface area (TPSA) is 59.1 Å². The van der Waals surface area contributed by atoms with Crippen molar-refractivity contribution in [1.82, 2.24) is 0 Å². The van der Waals surface area contributed by atoms with E-state index in [-0.39, 0.29) is 12.1 Å². The third kappa shape index (κ3) is 9.36. The Bertz CT molecular complexity index is 4050. The Morgan fingerprint density at radius 3 is 1.10 bits per heavy atom. The van der Waals surface area contributed by atoms with Crippen LogP contribution in [0.5, 0.6) is 28.7 Å². The van der Waals surface area contributed by atoms with Crippen LogP contribution in [0.3, 0.4) is 0 Å². The van der Waals surface area contributed by atoms with Crippen LogP contribution in [0.2, 0.25) is 0 Å². The molecule has 13 rings (SSSR count). The van der Waals surface area contributed by atoms with Gasteiger partial charge in [0.05, 0.1) is 0 Å². The molecule has 4 aliphatic rings. The third-order valence-electron chi connectivity index (χ3n) is 16.8. The molecule has 0 saturated carbocycles. The van der Waals surface area contributed by atoms with Gasteiger partial charge in [0.2, 0.25) is 0 Å². The van der Waals surface area contributed by atoms with Crippen molar-refractivity contribution in [2.75, 3.05) is 61.7 Å². The molecule has 424 valence electrons. The van der Waals surface area contributed by atoms with E-state index in [9.17, 15) is 0 Å². The second-order valence-electron chi connectivity index (χ2n) is 21.2. The molecule has 9 aromatic rings. The van der Waals surface area contributed by atoms with Gasteiger partial charge < -0.3 is 0 Å². The zero-order valence-electron chi connectivity index (χ0n) is 48.7. The molecule has 0 atom stereocenters. The van der Waals surface area contributed by atoms with E-state index in [2.05, 4.69) is 214 Å². The number of allylic oxidation sites excluding steroid dienone is 7. The van der Waals surface area contributed by atoms with Gasteiger partial charge in [0.25, 0.3) is 0 Å². The molecule has 86 heavy (non-hydrogen) atoms. The standard InChI is InChI=1S/C76H65N4O5P/c1-7-8-9-10-25-48-77(63-30-15-20-35-68(63)81-2)55-40-44-59-61-46-42-57(79(64-31-16-21-36-69(64)82-3)65-32-17-22-37-70(65)83-4)51-75(61)86(73(59)49-55)74-50-56(78(53-26-11-12-27-53)54-28-13-14-29-54)41-45-60(74)62-47-43-58(52-76(62)86)80(66-33-18-23-38-71(66)84-5)67-34-19-24-39-72(67)85-6/h1,8-47,49-54,86H,48H2,2-6H3/b9-8-,25-10-. The van der Waals surface area contributed by atoms with E-state index >= 15 is 0 Å².